The third-order valence-corrected chi connectivity index (χ3v) is 5.45. The van der Waals surface area contributed by atoms with Gasteiger partial charge in [0.2, 0.25) is 12.7 Å². The lowest BCUT2D eigenvalue weighted by Gasteiger charge is -2.35. The smallest absolute Gasteiger partial charge is 0.262 e. The molecule has 2 aromatic heterocycles. The standard InChI is InChI=1S/C21H22N4O3/c1-12-7-13(2)10-25(9-12)21-23-19-18(20(26)24-21)15(5-6-22-19)14-3-4-16-17(8-14)28-11-27-16/h3-6,8,12-13H,7,9-11H2,1-2H3,(H,22,23,24,26). The number of rotatable bonds is 2. The van der Waals surface area contributed by atoms with Gasteiger partial charge in [0, 0.05) is 19.3 Å². The quantitative estimate of drug-likeness (QED) is 0.738. The van der Waals surface area contributed by atoms with Crippen molar-refractivity contribution in [3.63, 3.8) is 0 Å². The van der Waals surface area contributed by atoms with Crippen LogP contribution in [0.3, 0.4) is 0 Å². The molecule has 7 nitrogen and oxygen atoms in total. The van der Waals surface area contributed by atoms with Gasteiger partial charge in [-0.3, -0.25) is 9.78 Å². The van der Waals surface area contributed by atoms with E-state index in [1.54, 1.807) is 6.20 Å². The Balaban J connectivity index is 1.60. The zero-order chi connectivity index (χ0) is 19.3. The number of aromatic nitrogens is 3. The van der Waals surface area contributed by atoms with Crippen molar-refractivity contribution in [2.75, 3.05) is 24.8 Å². The first kappa shape index (κ1) is 17.0. The third kappa shape index (κ3) is 2.87. The predicted molar refractivity (Wildman–Crippen MR) is 107 cm³/mol. The number of nitrogens with zero attached hydrogens (tertiary/aromatic N) is 3. The molecular formula is C21H22N4O3. The molecule has 0 bridgehead atoms. The monoisotopic (exact) mass is 378 g/mol. The van der Waals surface area contributed by atoms with E-state index in [1.165, 1.54) is 6.42 Å². The molecule has 1 N–H and O–H groups in total. The summed E-state index contributed by atoms with van der Waals surface area (Å²) in [5.41, 5.74) is 1.94. The van der Waals surface area contributed by atoms with Crippen LogP contribution < -0.4 is 19.9 Å². The predicted octanol–water partition coefficient (Wildman–Crippen LogP) is 3.20. The molecule has 1 aromatic carbocycles. The van der Waals surface area contributed by atoms with Gasteiger partial charge in [0.15, 0.2) is 17.1 Å². The Hall–Kier alpha value is -3.09. The van der Waals surface area contributed by atoms with E-state index in [-0.39, 0.29) is 12.4 Å². The molecule has 1 saturated heterocycles. The second kappa shape index (κ2) is 6.51. The highest BCUT2D eigenvalue weighted by atomic mass is 16.7. The zero-order valence-corrected chi connectivity index (χ0v) is 15.9. The number of hydrogen-bond donors (Lipinski definition) is 1. The van der Waals surface area contributed by atoms with E-state index in [1.807, 2.05) is 24.3 Å². The summed E-state index contributed by atoms with van der Waals surface area (Å²) in [5, 5.41) is 0.489. The van der Waals surface area contributed by atoms with Crippen LogP contribution in [0.5, 0.6) is 11.5 Å². The van der Waals surface area contributed by atoms with Crippen LogP contribution in [-0.4, -0.2) is 34.8 Å². The Morgan fingerprint density at radius 3 is 2.71 bits per heavy atom. The van der Waals surface area contributed by atoms with Crippen molar-refractivity contribution in [3.8, 4) is 22.6 Å². The van der Waals surface area contributed by atoms with Crippen LogP contribution >= 0.6 is 0 Å². The Bertz CT molecular complexity index is 1100. The summed E-state index contributed by atoms with van der Waals surface area (Å²) in [7, 11) is 0. The van der Waals surface area contributed by atoms with E-state index in [9.17, 15) is 4.79 Å². The van der Waals surface area contributed by atoms with Crippen molar-refractivity contribution in [2.24, 2.45) is 11.8 Å². The van der Waals surface area contributed by atoms with E-state index < -0.39 is 0 Å². The molecule has 2 aliphatic heterocycles. The fraction of sp³-hybridized carbons (Fsp3) is 0.381. The summed E-state index contributed by atoms with van der Waals surface area (Å²) in [6.45, 7) is 6.46. The molecule has 4 heterocycles. The first-order valence-electron chi connectivity index (χ1n) is 9.62. The minimum absolute atomic E-state index is 0.174. The molecule has 0 radical (unpaired) electrons. The lowest BCUT2D eigenvalue weighted by molar-refractivity contribution is 0.174. The van der Waals surface area contributed by atoms with Crippen molar-refractivity contribution in [3.05, 3.63) is 40.8 Å². The molecule has 144 valence electrons. The topological polar surface area (TPSA) is 80.3 Å². The van der Waals surface area contributed by atoms with Gasteiger partial charge in [0.05, 0.1) is 5.39 Å². The Labute approximate surface area is 162 Å². The van der Waals surface area contributed by atoms with Crippen molar-refractivity contribution in [1.29, 1.82) is 0 Å². The van der Waals surface area contributed by atoms with Gasteiger partial charge < -0.3 is 14.4 Å². The van der Waals surface area contributed by atoms with Crippen LogP contribution in [0.2, 0.25) is 0 Å². The fourth-order valence-corrected chi connectivity index (χ4v) is 4.34. The number of benzene rings is 1. The lowest BCUT2D eigenvalue weighted by Crippen LogP contribution is -2.40. The Morgan fingerprint density at radius 1 is 1.11 bits per heavy atom. The highest BCUT2D eigenvalue weighted by Gasteiger charge is 2.24. The van der Waals surface area contributed by atoms with Crippen molar-refractivity contribution >= 4 is 17.0 Å². The second-order valence-electron chi connectivity index (χ2n) is 7.87. The van der Waals surface area contributed by atoms with Crippen molar-refractivity contribution in [2.45, 2.75) is 20.3 Å². The van der Waals surface area contributed by atoms with Gasteiger partial charge in [-0.25, -0.2) is 4.98 Å². The number of hydrogen-bond acceptors (Lipinski definition) is 6. The molecule has 2 unspecified atom stereocenters. The van der Waals surface area contributed by atoms with Gasteiger partial charge in [0.25, 0.3) is 5.56 Å². The summed E-state index contributed by atoms with van der Waals surface area (Å²) in [6, 6.07) is 7.50. The van der Waals surface area contributed by atoms with Crippen LogP contribution in [0.1, 0.15) is 20.3 Å². The molecule has 3 aromatic rings. The molecule has 2 atom stereocenters. The van der Waals surface area contributed by atoms with Gasteiger partial charge in [-0.15, -0.1) is 0 Å². The number of H-pyrrole nitrogens is 1. The minimum Gasteiger partial charge on any atom is -0.454 e. The lowest BCUT2D eigenvalue weighted by atomic mass is 9.92. The van der Waals surface area contributed by atoms with Crippen molar-refractivity contribution < 1.29 is 9.47 Å². The summed E-state index contributed by atoms with van der Waals surface area (Å²) >= 11 is 0. The number of pyridine rings is 1. The normalized spacial score (nSPS) is 21.3. The van der Waals surface area contributed by atoms with Crippen LogP contribution in [0.25, 0.3) is 22.2 Å². The van der Waals surface area contributed by atoms with Gasteiger partial charge in [-0.2, -0.15) is 4.98 Å². The maximum atomic E-state index is 13.0. The molecule has 0 saturated carbocycles. The molecule has 0 aliphatic carbocycles. The highest BCUT2D eigenvalue weighted by molar-refractivity contribution is 5.92. The van der Waals surface area contributed by atoms with E-state index >= 15 is 0 Å². The SMILES string of the molecule is CC1CC(C)CN(c2nc3nccc(-c4ccc5c(c4)OCO5)c3c(=O)[nH]2)C1. The Kier molecular flexibility index (Phi) is 3.96. The number of fused-ring (bicyclic) bond motifs is 2. The van der Waals surface area contributed by atoms with E-state index in [0.717, 1.165) is 24.2 Å². The van der Waals surface area contributed by atoms with Crippen LogP contribution in [0, 0.1) is 11.8 Å². The minimum atomic E-state index is -0.174. The van der Waals surface area contributed by atoms with Crippen molar-refractivity contribution in [1.82, 2.24) is 15.0 Å². The van der Waals surface area contributed by atoms with Gasteiger partial charge in [-0.1, -0.05) is 19.9 Å². The van der Waals surface area contributed by atoms with E-state index in [0.29, 0.717) is 40.3 Å². The third-order valence-electron chi connectivity index (χ3n) is 5.45. The molecule has 0 spiro atoms. The summed E-state index contributed by atoms with van der Waals surface area (Å²) < 4.78 is 10.9. The molecule has 0 amide bonds. The number of aromatic amines is 1. The molecule has 28 heavy (non-hydrogen) atoms. The summed E-state index contributed by atoms with van der Waals surface area (Å²) in [6.07, 6.45) is 2.89. The molecule has 2 aliphatic rings. The fourth-order valence-electron chi connectivity index (χ4n) is 4.34. The maximum absolute atomic E-state index is 13.0. The zero-order valence-electron chi connectivity index (χ0n) is 15.9. The highest BCUT2D eigenvalue weighted by Crippen LogP contribution is 2.37. The molecular weight excluding hydrogens is 356 g/mol. The molecule has 1 fully saturated rings. The van der Waals surface area contributed by atoms with E-state index in [4.69, 9.17) is 14.5 Å². The first-order valence-corrected chi connectivity index (χ1v) is 9.62. The van der Waals surface area contributed by atoms with Gasteiger partial charge in [-0.05, 0) is 47.6 Å². The number of nitrogens with one attached hydrogen (secondary N) is 1. The maximum Gasteiger partial charge on any atom is 0.262 e. The first-order chi connectivity index (χ1) is 13.6. The van der Waals surface area contributed by atoms with Crippen LogP contribution in [0.15, 0.2) is 35.3 Å². The Morgan fingerprint density at radius 2 is 1.89 bits per heavy atom. The number of piperidine rings is 1. The summed E-state index contributed by atoms with van der Waals surface area (Å²) in [4.78, 5) is 27.2. The van der Waals surface area contributed by atoms with Crippen LogP contribution in [-0.2, 0) is 0 Å². The largest absolute Gasteiger partial charge is 0.454 e. The van der Waals surface area contributed by atoms with Gasteiger partial charge >= 0.3 is 0 Å². The van der Waals surface area contributed by atoms with Crippen LogP contribution in [0.4, 0.5) is 5.95 Å². The average Bonchev–Trinajstić information content (AvgIpc) is 3.14. The van der Waals surface area contributed by atoms with E-state index in [2.05, 4.69) is 28.7 Å². The molecule has 5 rings (SSSR count). The second-order valence-corrected chi connectivity index (χ2v) is 7.87. The number of ether oxygens (including phenoxy) is 2. The average molecular weight is 378 g/mol. The van der Waals surface area contributed by atoms with Gasteiger partial charge in [0.1, 0.15) is 0 Å². The molecule has 7 heteroatoms. The summed E-state index contributed by atoms with van der Waals surface area (Å²) in [5.74, 6) is 3.13. The number of anilines is 1.